The first-order chi connectivity index (χ1) is 9.88. The number of oxazole rings is 1. The maximum absolute atomic E-state index is 12.8. The predicted octanol–water partition coefficient (Wildman–Crippen LogP) is 2.43. The Balaban J connectivity index is 1.98. The molecule has 1 unspecified atom stereocenters. The molecule has 2 aromatic rings. The molecule has 0 bridgehead atoms. The van der Waals surface area contributed by atoms with E-state index in [9.17, 15) is 8.42 Å². The first-order valence-corrected chi connectivity index (χ1v) is 8.35. The molecule has 0 saturated carbocycles. The van der Waals surface area contributed by atoms with E-state index < -0.39 is 10.0 Å². The van der Waals surface area contributed by atoms with E-state index in [1.807, 2.05) is 26.0 Å². The maximum Gasteiger partial charge on any atom is 0.243 e. The molecular weight excluding hydrogens is 288 g/mol. The number of sulfonamides is 1. The number of benzene rings is 1. The van der Waals surface area contributed by atoms with E-state index in [2.05, 4.69) is 4.98 Å². The highest BCUT2D eigenvalue weighted by atomic mass is 32.2. The van der Waals surface area contributed by atoms with Crippen LogP contribution in [0.5, 0.6) is 0 Å². The van der Waals surface area contributed by atoms with Gasteiger partial charge >= 0.3 is 0 Å². The molecule has 3 rings (SSSR count). The summed E-state index contributed by atoms with van der Waals surface area (Å²) in [5.74, 6) is 1.24. The third-order valence-corrected chi connectivity index (χ3v) is 5.77. The second-order valence-electron chi connectivity index (χ2n) is 5.52. The van der Waals surface area contributed by atoms with Crippen LogP contribution in [0.3, 0.4) is 0 Å². The Morgan fingerprint density at radius 3 is 2.57 bits per heavy atom. The highest BCUT2D eigenvalue weighted by Gasteiger charge is 2.35. The second kappa shape index (κ2) is 4.96. The van der Waals surface area contributed by atoms with Gasteiger partial charge in [-0.3, -0.25) is 0 Å². The molecule has 1 atom stereocenters. The van der Waals surface area contributed by atoms with Crippen molar-refractivity contribution in [1.82, 2.24) is 9.29 Å². The van der Waals surface area contributed by atoms with Gasteiger partial charge in [0.15, 0.2) is 5.89 Å². The van der Waals surface area contributed by atoms with Gasteiger partial charge in [0.05, 0.1) is 17.1 Å². The normalized spacial score (nSPS) is 19.5. The number of nitrogens with zero attached hydrogens (tertiary/aromatic N) is 2. The fourth-order valence-corrected chi connectivity index (χ4v) is 4.23. The molecule has 0 spiro atoms. The van der Waals surface area contributed by atoms with Gasteiger partial charge in [0.1, 0.15) is 5.76 Å². The van der Waals surface area contributed by atoms with Gasteiger partial charge in [-0.25, -0.2) is 13.4 Å². The lowest BCUT2D eigenvalue weighted by molar-refractivity contribution is 0.276. The van der Waals surface area contributed by atoms with E-state index in [1.54, 1.807) is 19.1 Å². The summed E-state index contributed by atoms with van der Waals surface area (Å²) in [5.41, 5.74) is 1.91. The number of fused-ring (bicyclic) bond motifs is 1. The zero-order valence-electron chi connectivity index (χ0n) is 12.3. The minimum Gasteiger partial charge on any atom is -0.444 e. The van der Waals surface area contributed by atoms with Gasteiger partial charge in [-0.05, 0) is 26.0 Å². The van der Waals surface area contributed by atoms with Crippen LogP contribution in [0.25, 0.3) is 0 Å². The summed E-state index contributed by atoms with van der Waals surface area (Å²) >= 11 is 0. The molecule has 0 amide bonds. The van der Waals surface area contributed by atoms with E-state index in [0.29, 0.717) is 23.0 Å². The summed E-state index contributed by atoms with van der Waals surface area (Å²) in [6, 6.07) is 6.79. The van der Waals surface area contributed by atoms with Crippen molar-refractivity contribution in [3.63, 3.8) is 0 Å². The van der Waals surface area contributed by atoms with Crippen LogP contribution in [-0.4, -0.2) is 23.7 Å². The van der Waals surface area contributed by atoms with Gasteiger partial charge < -0.3 is 4.42 Å². The number of aromatic nitrogens is 1. The van der Waals surface area contributed by atoms with Gasteiger partial charge in [0, 0.05) is 19.4 Å². The topological polar surface area (TPSA) is 63.4 Å². The summed E-state index contributed by atoms with van der Waals surface area (Å²) in [6.07, 6.45) is 0.581. The summed E-state index contributed by atoms with van der Waals surface area (Å²) in [6.45, 7) is 5.86. The molecule has 5 nitrogen and oxygen atoms in total. The van der Waals surface area contributed by atoms with E-state index >= 15 is 0 Å². The molecule has 1 aromatic heterocycles. The van der Waals surface area contributed by atoms with Crippen LogP contribution >= 0.6 is 0 Å². The summed E-state index contributed by atoms with van der Waals surface area (Å²) in [7, 11) is -3.52. The van der Waals surface area contributed by atoms with E-state index in [-0.39, 0.29) is 12.6 Å². The number of hydrogen-bond acceptors (Lipinski definition) is 4. The Morgan fingerprint density at radius 2 is 1.90 bits per heavy atom. The fourth-order valence-electron chi connectivity index (χ4n) is 2.64. The van der Waals surface area contributed by atoms with E-state index in [4.69, 9.17) is 4.42 Å². The highest BCUT2D eigenvalue weighted by molar-refractivity contribution is 7.89. The zero-order valence-corrected chi connectivity index (χ0v) is 13.1. The lowest BCUT2D eigenvalue weighted by Crippen LogP contribution is -2.42. The van der Waals surface area contributed by atoms with Crippen molar-refractivity contribution in [2.24, 2.45) is 0 Å². The molecular formula is C15H18N2O3S. The van der Waals surface area contributed by atoms with E-state index in [0.717, 1.165) is 11.3 Å². The zero-order chi connectivity index (χ0) is 15.2. The molecule has 0 aliphatic carbocycles. The van der Waals surface area contributed by atoms with Crippen molar-refractivity contribution in [2.75, 3.05) is 0 Å². The largest absolute Gasteiger partial charge is 0.444 e. The van der Waals surface area contributed by atoms with Gasteiger partial charge in [0.25, 0.3) is 0 Å². The van der Waals surface area contributed by atoms with Crippen LogP contribution in [-0.2, 0) is 23.0 Å². The third-order valence-electron chi connectivity index (χ3n) is 3.79. The first kappa shape index (κ1) is 14.3. The van der Waals surface area contributed by atoms with Crippen LogP contribution in [0, 0.1) is 13.8 Å². The number of hydrogen-bond donors (Lipinski definition) is 0. The average Bonchev–Trinajstić information content (AvgIpc) is 2.77. The average molecular weight is 306 g/mol. The van der Waals surface area contributed by atoms with Crippen molar-refractivity contribution >= 4 is 10.0 Å². The minimum absolute atomic E-state index is 0.131. The monoisotopic (exact) mass is 306 g/mol. The first-order valence-electron chi connectivity index (χ1n) is 6.91. The molecule has 112 valence electrons. The van der Waals surface area contributed by atoms with Crippen LogP contribution in [0.1, 0.15) is 29.8 Å². The molecule has 0 radical (unpaired) electrons. The summed E-state index contributed by atoms with van der Waals surface area (Å²) < 4.78 is 32.6. The number of aryl methyl sites for hydroxylation is 2. The summed E-state index contributed by atoms with van der Waals surface area (Å²) in [5, 5.41) is 0. The van der Waals surface area contributed by atoms with Crippen LogP contribution in [0.4, 0.5) is 0 Å². The van der Waals surface area contributed by atoms with Crippen molar-refractivity contribution < 1.29 is 12.8 Å². The standard InChI is InChI=1S/C15H18N2O3S/c1-10-4-6-13(7-5-10)21(18,19)17-9-15-14(8-11(17)2)16-12(3)20-15/h4-7,11H,8-9H2,1-3H3. The van der Waals surface area contributed by atoms with Crippen molar-refractivity contribution in [2.45, 2.75) is 44.7 Å². The molecule has 0 saturated heterocycles. The predicted molar refractivity (Wildman–Crippen MR) is 78.3 cm³/mol. The van der Waals surface area contributed by atoms with E-state index in [1.165, 1.54) is 4.31 Å². The smallest absolute Gasteiger partial charge is 0.243 e. The summed E-state index contributed by atoms with van der Waals surface area (Å²) in [4.78, 5) is 4.63. The molecule has 21 heavy (non-hydrogen) atoms. The molecule has 1 aliphatic rings. The Kier molecular flexibility index (Phi) is 3.37. The molecule has 1 aromatic carbocycles. The Morgan fingerprint density at radius 1 is 1.24 bits per heavy atom. The van der Waals surface area contributed by atoms with Gasteiger partial charge in [-0.1, -0.05) is 17.7 Å². The van der Waals surface area contributed by atoms with Crippen LogP contribution < -0.4 is 0 Å². The third kappa shape index (κ3) is 2.49. The number of rotatable bonds is 2. The minimum atomic E-state index is -3.52. The molecule has 0 N–H and O–H groups in total. The highest BCUT2D eigenvalue weighted by Crippen LogP contribution is 2.29. The lowest BCUT2D eigenvalue weighted by Gasteiger charge is -2.30. The Hall–Kier alpha value is -1.66. The maximum atomic E-state index is 12.8. The molecule has 6 heteroatoms. The Bertz CT molecular complexity index is 763. The molecule has 1 aliphatic heterocycles. The second-order valence-corrected chi connectivity index (χ2v) is 7.41. The van der Waals surface area contributed by atoms with Gasteiger partial charge in [-0.2, -0.15) is 4.31 Å². The van der Waals surface area contributed by atoms with Crippen LogP contribution in [0.15, 0.2) is 33.6 Å². The molecule has 0 fully saturated rings. The van der Waals surface area contributed by atoms with Gasteiger partial charge in [-0.15, -0.1) is 0 Å². The lowest BCUT2D eigenvalue weighted by atomic mass is 10.1. The quantitative estimate of drug-likeness (QED) is 0.855. The van der Waals surface area contributed by atoms with Crippen molar-refractivity contribution in [1.29, 1.82) is 0 Å². The van der Waals surface area contributed by atoms with Crippen LogP contribution in [0.2, 0.25) is 0 Å². The SMILES string of the molecule is Cc1ccc(S(=O)(=O)N2Cc3oc(C)nc3CC2C)cc1. The fraction of sp³-hybridized carbons (Fsp3) is 0.400. The van der Waals surface area contributed by atoms with Gasteiger partial charge in [0.2, 0.25) is 10.0 Å². The van der Waals surface area contributed by atoms with Crippen molar-refractivity contribution in [3.8, 4) is 0 Å². The molecule has 2 heterocycles. The van der Waals surface area contributed by atoms with Crippen molar-refractivity contribution in [3.05, 3.63) is 47.2 Å². The Labute approximate surface area is 124 Å².